The first-order valence-electron chi connectivity index (χ1n) is 11.0. The smallest absolute Gasteiger partial charge is 0.262 e. The quantitative estimate of drug-likeness (QED) is 0.209. The minimum Gasteiger partial charge on any atom is -0.385 e. The van der Waals surface area contributed by atoms with Crippen molar-refractivity contribution in [1.29, 1.82) is 0 Å². The van der Waals surface area contributed by atoms with Crippen LogP contribution in [-0.2, 0) is 11.3 Å². The Hall–Kier alpha value is -3.13. The van der Waals surface area contributed by atoms with Crippen LogP contribution >= 0.6 is 23.4 Å². The molecule has 6 nitrogen and oxygen atoms in total. The molecule has 0 fully saturated rings. The summed E-state index contributed by atoms with van der Waals surface area (Å²) in [6, 6.07) is 25.8. The van der Waals surface area contributed by atoms with Gasteiger partial charge in [0.1, 0.15) is 0 Å². The number of thioether (sulfide) groups is 1. The molecule has 0 saturated carbocycles. The molecule has 0 aliphatic carbocycles. The van der Waals surface area contributed by atoms with Gasteiger partial charge in [0.2, 0.25) is 5.78 Å². The summed E-state index contributed by atoms with van der Waals surface area (Å²) in [5.74, 6) is 0.533. The van der Waals surface area contributed by atoms with Gasteiger partial charge in [-0.25, -0.2) is 0 Å². The Balaban J connectivity index is 1.67. The molecule has 5 rings (SSSR count). The average molecular weight is 491 g/mol. The van der Waals surface area contributed by atoms with Crippen LogP contribution in [0.5, 0.6) is 0 Å². The SMILES string of the molecule is COCCCn1c(=O)c2ccccc2n2c(SC(c3ccccc3)c3ccc(Cl)cc3)nnc12. The molecule has 0 saturated heterocycles. The Morgan fingerprint density at radius 1 is 0.941 bits per heavy atom. The predicted octanol–water partition coefficient (Wildman–Crippen LogP) is 5.62. The van der Waals surface area contributed by atoms with Crippen molar-refractivity contribution < 1.29 is 4.74 Å². The number of methoxy groups -OCH3 is 1. The minimum absolute atomic E-state index is 0.0292. The summed E-state index contributed by atoms with van der Waals surface area (Å²) in [5, 5.41) is 11.0. The topological polar surface area (TPSA) is 61.4 Å². The van der Waals surface area contributed by atoms with Crippen LogP contribution in [0.25, 0.3) is 16.7 Å². The first-order valence-corrected chi connectivity index (χ1v) is 12.3. The summed E-state index contributed by atoms with van der Waals surface area (Å²) in [4.78, 5) is 13.3. The van der Waals surface area contributed by atoms with E-state index in [9.17, 15) is 4.79 Å². The summed E-state index contributed by atoms with van der Waals surface area (Å²) in [6.45, 7) is 1.07. The number of hydrogen-bond donors (Lipinski definition) is 0. The van der Waals surface area contributed by atoms with Gasteiger partial charge in [0.25, 0.3) is 5.56 Å². The standard InChI is InChI=1S/C26H23ClN4O2S/c1-33-17-7-16-30-24(32)21-10-5-6-11-22(21)31-25(30)28-29-26(31)34-23(18-8-3-2-4-9-18)19-12-14-20(27)15-13-19/h2-6,8-15,23H,7,16-17H2,1H3. The van der Waals surface area contributed by atoms with Crippen molar-refractivity contribution in [2.24, 2.45) is 0 Å². The van der Waals surface area contributed by atoms with Gasteiger partial charge in [-0.2, -0.15) is 0 Å². The van der Waals surface area contributed by atoms with Gasteiger partial charge in [0, 0.05) is 25.3 Å². The van der Waals surface area contributed by atoms with E-state index in [1.54, 1.807) is 23.4 Å². The van der Waals surface area contributed by atoms with Crippen LogP contribution in [0.2, 0.25) is 5.02 Å². The Labute approximate surface area is 206 Å². The van der Waals surface area contributed by atoms with E-state index in [2.05, 4.69) is 22.3 Å². The van der Waals surface area contributed by atoms with Gasteiger partial charge < -0.3 is 4.74 Å². The largest absolute Gasteiger partial charge is 0.385 e. The Bertz CT molecular complexity index is 1480. The first kappa shape index (κ1) is 22.7. The van der Waals surface area contributed by atoms with Gasteiger partial charge in [0.05, 0.1) is 16.2 Å². The molecule has 0 aliphatic heterocycles. The summed E-state index contributed by atoms with van der Waals surface area (Å²) >= 11 is 7.76. The van der Waals surface area contributed by atoms with Crippen molar-refractivity contribution in [3.05, 3.63) is 105 Å². The van der Waals surface area contributed by atoms with Crippen LogP contribution in [0.3, 0.4) is 0 Å². The molecule has 2 heterocycles. The molecule has 2 aromatic heterocycles. The summed E-state index contributed by atoms with van der Waals surface area (Å²) in [6.07, 6.45) is 0.706. The van der Waals surface area contributed by atoms with Crippen LogP contribution in [0.4, 0.5) is 0 Å². The van der Waals surface area contributed by atoms with E-state index in [4.69, 9.17) is 16.3 Å². The Morgan fingerprint density at radius 3 is 2.41 bits per heavy atom. The normalized spacial score (nSPS) is 12.4. The van der Waals surface area contributed by atoms with Gasteiger partial charge in [-0.15, -0.1) is 10.2 Å². The highest BCUT2D eigenvalue weighted by atomic mass is 35.5. The van der Waals surface area contributed by atoms with Gasteiger partial charge >= 0.3 is 0 Å². The molecule has 172 valence electrons. The highest BCUT2D eigenvalue weighted by Crippen LogP contribution is 2.40. The number of ether oxygens (including phenoxy) is 1. The van der Waals surface area contributed by atoms with Crippen molar-refractivity contribution >= 4 is 40.0 Å². The average Bonchev–Trinajstić information content (AvgIpc) is 3.29. The summed E-state index contributed by atoms with van der Waals surface area (Å²) in [7, 11) is 1.66. The van der Waals surface area contributed by atoms with Crippen molar-refractivity contribution in [2.45, 2.75) is 23.4 Å². The fourth-order valence-electron chi connectivity index (χ4n) is 4.08. The molecule has 3 aromatic carbocycles. The molecular weight excluding hydrogens is 468 g/mol. The van der Waals surface area contributed by atoms with Gasteiger partial charge in [-0.1, -0.05) is 78.0 Å². The predicted molar refractivity (Wildman–Crippen MR) is 137 cm³/mol. The third-order valence-corrected chi connectivity index (χ3v) is 7.21. The van der Waals surface area contributed by atoms with Crippen molar-refractivity contribution in [1.82, 2.24) is 19.2 Å². The maximum absolute atomic E-state index is 13.3. The Morgan fingerprint density at radius 2 is 1.65 bits per heavy atom. The van der Waals surface area contributed by atoms with E-state index in [1.807, 2.05) is 71.1 Å². The van der Waals surface area contributed by atoms with Gasteiger partial charge in [-0.3, -0.25) is 13.8 Å². The number of halogens is 1. The molecule has 34 heavy (non-hydrogen) atoms. The highest BCUT2D eigenvalue weighted by molar-refractivity contribution is 7.99. The zero-order valence-electron chi connectivity index (χ0n) is 18.6. The summed E-state index contributed by atoms with van der Waals surface area (Å²) < 4.78 is 8.87. The van der Waals surface area contributed by atoms with Crippen LogP contribution in [0.1, 0.15) is 22.8 Å². The second kappa shape index (κ2) is 10.0. The van der Waals surface area contributed by atoms with E-state index < -0.39 is 0 Å². The van der Waals surface area contributed by atoms with Crippen molar-refractivity contribution in [2.75, 3.05) is 13.7 Å². The zero-order valence-corrected chi connectivity index (χ0v) is 20.2. The number of para-hydroxylation sites is 1. The van der Waals surface area contributed by atoms with E-state index in [0.717, 1.165) is 21.8 Å². The lowest BCUT2D eigenvalue weighted by atomic mass is 10.0. The first-order chi connectivity index (χ1) is 16.7. The van der Waals surface area contributed by atoms with Gasteiger partial charge in [0.15, 0.2) is 5.16 Å². The molecule has 1 atom stereocenters. The summed E-state index contributed by atoms with van der Waals surface area (Å²) in [5.41, 5.74) is 2.97. The molecule has 0 aliphatic rings. The van der Waals surface area contributed by atoms with E-state index in [1.165, 1.54) is 0 Å². The molecule has 0 amide bonds. The highest BCUT2D eigenvalue weighted by Gasteiger charge is 2.22. The molecule has 8 heteroatoms. The molecule has 5 aromatic rings. The zero-order chi connectivity index (χ0) is 23.5. The second-order valence-corrected chi connectivity index (χ2v) is 9.41. The van der Waals surface area contributed by atoms with Gasteiger partial charge in [-0.05, 0) is 41.8 Å². The van der Waals surface area contributed by atoms with E-state index in [0.29, 0.717) is 35.8 Å². The van der Waals surface area contributed by atoms with Crippen LogP contribution < -0.4 is 5.56 Å². The molecule has 0 radical (unpaired) electrons. The second-order valence-electron chi connectivity index (χ2n) is 7.90. The Kier molecular flexibility index (Phi) is 6.67. The maximum atomic E-state index is 13.3. The number of aromatic nitrogens is 4. The van der Waals surface area contributed by atoms with Crippen molar-refractivity contribution in [3.8, 4) is 0 Å². The number of nitrogens with zero attached hydrogens (tertiary/aromatic N) is 4. The van der Waals surface area contributed by atoms with Crippen LogP contribution in [0, 0.1) is 0 Å². The molecular formula is C26H23ClN4O2S. The lowest BCUT2D eigenvalue weighted by molar-refractivity contribution is 0.190. The number of fused-ring (bicyclic) bond motifs is 3. The van der Waals surface area contributed by atoms with Crippen LogP contribution in [-0.4, -0.2) is 32.9 Å². The lowest BCUT2D eigenvalue weighted by Crippen LogP contribution is -2.24. The van der Waals surface area contributed by atoms with Crippen molar-refractivity contribution in [3.63, 3.8) is 0 Å². The number of benzene rings is 3. The molecule has 1 unspecified atom stereocenters. The maximum Gasteiger partial charge on any atom is 0.262 e. The minimum atomic E-state index is -0.0690. The van der Waals surface area contributed by atoms with E-state index >= 15 is 0 Å². The molecule has 0 N–H and O–H groups in total. The third kappa shape index (κ3) is 4.34. The fraction of sp³-hybridized carbons (Fsp3) is 0.192. The number of aryl methyl sites for hydroxylation is 1. The van der Waals surface area contributed by atoms with Crippen LogP contribution in [0.15, 0.2) is 88.8 Å². The monoisotopic (exact) mass is 490 g/mol. The van der Waals surface area contributed by atoms with E-state index in [-0.39, 0.29) is 10.8 Å². The fourth-order valence-corrected chi connectivity index (χ4v) is 5.37. The lowest BCUT2D eigenvalue weighted by Gasteiger charge is -2.17. The molecule has 0 bridgehead atoms. The molecule has 0 spiro atoms. The number of hydrogen-bond acceptors (Lipinski definition) is 5. The third-order valence-electron chi connectivity index (χ3n) is 5.71. The number of rotatable bonds is 8.